The molecule has 110 valence electrons. The molecule has 1 rings (SSSR count). The lowest BCUT2D eigenvalue weighted by atomic mass is 10.2. The second-order valence-corrected chi connectivity index (χ2v) is 4.29. The van der Waals surface area contributed by atoms with Gasteiger partial charge in [0.05, 0.1) is 11.0 Å². The molecule has 0 spiro atoms. The Morgan fingerprint density at radius 2 is 2.15 bits per heavy atom. The van der Waals surface area contributed by atoms with E-state index >= 15 is 0 Å². The van der Waals surface area contributed by atoms with Crippen LogP contribution in [0.25, 0.3) is 0 Å². The molecule has 0 fully saturated rings. The Morgan fingerprint density at radius 1 is 1.45 bits per heavy atom. The maximum atomic E-state index is 11.2. The molecule has 0 saturated carbocycles. The first kappa shape index (κ1) is 15.5. The van der Waals surface area contributed by atoms with E-state index in [4.69, 9.17) is 10.5 Å². The molecule has 0 atom stereocenters. The van der Waals surface area contributed by atoms with E-state index in [0.717, 1.165) is 0 Å². The molecule has 0 bridgehead atoms. The van der Waals surface area contributed by atoms with Crippen LogP contribution in [0.1, 0.15) is 13.8 Å². The number of primary amides is 1. The number of para-hydroxylation sites is 1. The maximum absolute atomic E-state index is 11.2. The van der Waals surface area contributed by atoms with Crippen molar-refractivity contribution in [3.8, 4) is 5.75 Å². The highest BCUT2D eigenvalue weighted by Crippen LogP contribution is 2.35. The van der Waals surface area contributed by atoms with Gasteiger partial charge in [-0.05, 0) is 26.0 Å². The van der Waals surface area contributed by atoms with Crippen molar-refractivity contribution in [1.82, 2.24) is 5.32 Å². The number of nitro benzene ring substituents is 1. The average Bonchev–Trinajstić information content (AvgIpc) is 2.33. The number of carbonyl (C=O) groups excluding carboxylic acids is 1. The van der Waals surface area contributed by atoms with Crippen molar-refractivity contribution in [3.05, 3.63) is 28.3 Å². The van der Waals surface area contributed by atoms with Crippen LogP contribution in [0.4, 0.5) is 16.2 Å². The summed E-state index contributed by atoms with van der Waals surface area (Å²) in [5.74, 6) is 0.206. The number of urea groups is 1. The number of hydrogen-bond acceptors (Lipinski definition) is 5. The minimum atomic E-state index is -0.641. The summed E-state index contributed by atoms with van der Waals surface area (Å²) in [7, 11) is 0. The number of rotatable bonds is 7. The van der Waals surface area contributed by atoms with Gasteiger partial charge >= 0.3 is 11.7 Å². The first-order valence-corrected chi connectivity index (χ1v) is 6.13. The largest absolute Gasteiger partial charge is 0.484 e. The monoisotopic (exact) mass is 282 g/mol. The fraction of sp³-hybridized carbons (Fsp3) is 0.417. The van der Waals surface area contributed by atoms with Crippen LogP contribution in [0.3, 0.4) is 0 Å². The van der Waals surface area contributed by atoms with Gasteiger partial charge in [-0.3, -0.25) is 10.1 Å². The summed E-state index contributed by atoms with van der Waals surface area (Å²) >= 11 is 0. The Bertz CT molecular complexity index is 490. The number of anilines is 1. The Balaban J connectivity index is 2.83. The summed E-state index contributed by atoms with van der Waals surface area (Å²) in [5, 5.41) is 16.4. The van der Waals surface area contributed by atoms with Crippen molar-refractivity contribution in [3.63, 3.8) is 0 Å². The zero-order chi connectivity index (χ0) is 15.1. The summed E-state index contributed by atoms with van der Waals surface area (Å²) in [6.45, 7) is 4.16. The van der Waals surface area contributed by atoms with Crippen LogP contribution in [0.2, 0.25) is 0 Å². The quantitative estimate of drug-likeness (QED) is 0.397. The third kappa shape index (κ3) is 4.63. The highest BCUT2D eigenvalue weighted by Gasteiger charge is 2.21. The molecule has 8 nitrogen and oxygen atoms in total. The lowest BCUT2D eigenvalue weighted by Crippen LogP contribution is -2.33. The van der Waals surface area contributed by atoms with Gasteiger partial charge in [0, 0.05) is 13.1 Å². The normalized spacial score (nSPS) is 10.2. The zero-order valence-corrected chi connectivity index (χ0v) is 11.4. The molecule has 0 aliphatic carbocycles. The highest BCUT2D eigenvalue weighted by molar-refractivity contribution is 5.72. The summed E-state index contributed by atoms with van der Waals surface area (Å²) < 4.78 is 5.42. The van der Waals surface area contributed by atoms with Gasteiger partial charge in [-0.25, -0.2) is 4.79 Å². The van der Waals surface area contributed by atoms with E-state index in [-0.39, 0.29) is 24.1 Å². The van der Waals surface area contributed by atoms with Gasteiger partial charge in [-0.2, -0.15) is 0 Å². The van der Waals surface area contributed by atoms with E-state index < -0.39 is 11.0 Å². The van der Waals surface area contributed by atoms with Crippen LogP contribution < -0.4 is 21.1 Å². The standard InChI is InChI=1S/C12H18N4O4/c1-8(2)20-10-5-3-4-9(11(10)16(18)19)14-6-7-15-12(13)17/h3-5,8,14H,6-7H2,1-2H3,(H3,13,15,17). The lowest BCUT2D eigenvalue weighted by molar-refractivity contribution is -0.385. The predicted molar refractivity (Wildman–Crippen MR) is 74.9 cm³/mol. The van der Waals surface area contributed by atoms with E-state index in [1.54, 1.807) is 32.0 Å². The molecule has 4 N–H and O–H groups in total. The summed E-state index contributed by atoms with van der Waals surface area (Å²) in [4.78, 5) is 21.2. The number of benzene rings is 1. The van der Waals surface area contributed by atoms with E-state index in [2.05, 4.69) is 10.6 Å². The SMILES string of the molecule is CC(C)Oc1cccc(NCCNC(N)=O)c1[N+](=O)[O-]. The number of hydrogen-bond donors (Lipinski definition) is 3. The number of ether oxygens (including phenoxy) is 1. The molecular weight excluding hydrogens is 264 g/mol. The molecule has 0 aromatic heterocycles. The first-order chi connectivity index (χ1) is 9.41. The van der Waals surface area contributed by atoms with Crippen molar-refractivity contribution in [1.29, 1.82) is 0 Å². The van der Waals surface area contributed by atoms with Crippen molar-refractivity contribution in [2.45, 2.75) is 20.0 Å². The zero-order valence-electron chi connectivity index (χ0n) is 11.4. The molecule has 1 aromatic rings. The minimum absolute atomic E-state index is 0.125. The van der Waals surface area contributed by atoms with E-state index in [0.29, 0.717) is 12.2 Å². The van der Waals surface area contributed by atoms with Crippen LogP contribution in [-0.4, -0.2) is 30.1 Å². The summed E-state index contributed by atoms with van der Waals surface area (Å²) in [6.07, 6.45) is -0.166. The van der Waals surface area contributed by atoms with Crippen molar-refractivity contribution in [2.75, 3.05) is 18.4 Å². The number of nitrogens with two attached hydrogens (primary N) is 1. The average molecular weight is 282 g/mol. The molecule has 0 saturated heterocycles. The molecular formula is C12H18N4O4. The molecule has 0 aliphatic heterocycles. The Labute approximate surface area is 116 Å². The van der Waals surface area contributed by atoms with Gasteiger partial charge in [0.2, 0.25) is 0 Å². The Morgan fingerprint density at radius 3 is 2.70 bits per heavy atom. The fourth-order valence-corrected chi connectivity index (χ4v) is 1.59. The summed E-state index contributed by atoms with van der Waals surface area (Å²) in [6, 6.07) is 4.15. The van der Waals surface area contributed by atoms with Gasteiger partial charge in [-0.15, -0.1) is 0 Å². The van der Waals surface area contributed by atoms with E-state index in [1.807, 2.05) is 0 Å². The van der Waals surface area contributed by atoms with Crippen LogP contribution >= 0.6 is 0 Å². The molecule has 20 heavy (non-hydrogen) atoms. The van der Waals surface area contributed by atoms with Crippen LogP contribution in [-0.2, 0) is 0 Å². The minimum Gasteiger partial charge on any atom is -0.484 e. The second-order valence-electron chi connectivity index (χ2n) is 4.29. The fourth-order valence-electron chi connectivity index (χ4n) is 1.59. The Kier molecular flexibility index (Phi) is 5.57. The molecule has 0 unspecified atom stereocenters. The van der Waals surface area contributed by atoms with Crippen LogP contribution in [0, 0.1) is 10.1 Å². The van der Waals surface area contributed by atoms with E-state index in [1.165, 1.54) is 0 Å². The number of nitrogens with zero attached hydrogens (tertiary/aromatic N) is 1. The molecule has 1 aromatic carbocycles. The maximum Gasteiger partial charge on any atom is 0.333 e. The number of nitrogens with one attached hydrogen (secondary N) is 2. The molecule has 0 heterocycles. The topological polar surface area (TPSA) is 120 Å². The number of nitro groups is 1. The van der Waals surface area contributed by atoms with Gasteiger partial charge in [0.25, 0.3) is 0 Å². The van der Waals surface area contributed by atoms with Crippen molar-refractivity contribution in [2.24, 2.45) is 5.73 Å². The second kappa shape index (κ2) is 7.17. The molecule has 0 radical (unpaired) electrons. The number of amides is 2. The molecule has 0 aliphatic rings. The molecule has 8 heteroatoms. The lowest BCUT2D eigenvalue weighted by Gasteiger charge is -2.13. The Hall–Kier alpha value is -2.51. The predicted octanol–water partition coefficient (Wildman–Crippen LogP) is 1.46. The van der Waals surface area contributed by atoms with Crippen LogP contribution in [0.5, 0.6) is 5.75 Å². The van der Waals surface area contributed by atoms with Crippen molar-refractivity contribution >= 4 is 17.4 Å². The van der Waals surface area contributed by atoms with Crippen molar-refractivity contribution < 1.29 is 14.5 Å². The molecule has 2 amide bonds. The smallest absolute Gasteiger partial charge is 0.333 e. The third-order valence-electron chi connectivity index (χ3n) is 2.28. The summed E-state index contributed by atoms with van der Waals surface area (Å²) in [5.41, 5.74) is 5.13. The van der Waals surface area contributed by atoms with Gasteiger partial charge in [0.1, 0.15) is 5.69 Å². The third-order valence-corrected chi connectivity index (χ3v) is 2.28. The highest BCUT2D eigenvalue weighted by atomic mass is 16.6. The first-order valence-electron chi connectivity index (χ1n) is 6.13. The van der Waals surface area contributed by atoms with Crippen LogP contribution in [0.15, 0.2) is 18.2 Å². The van der Waals surface area contributed by atoms with Gasteiger partial charge in [-0.1, -0.05) is 6.07 Å². The van der Waals surface area contributed by atoms with Gasteiger partial charge in [0.15, 0.2) is 5.75 Å². The van der Waals surface area contributed by atoms with E-state index in [9.17, 15) is 14.9 Å². The van der Waals surface area contributed by atoms with Gasteiger partial charge < -0.3 is 21.1 Å². The number of carbonyl (C=O) groups is 1.